The highest BCUT2D eigenvalue weighted by atomic mass is 16.3. The van der Waals surface area contributed by atoms with Gasteiger partial charge in [0.15, 0.2) is 0 Å². The Morgan fingerprint density at radius 3 is 2.59 bits per heavy atom. The van der Waals surface area contributed by atoms with E-state index in [4.69, 9.17) is 5.73 Å². The van der Waals surface area contributed by atoms with E-state index in [9.17, 15) is 5.11 Å². The first-order valence-corrected chi connectivity index (χ1v) is 6.46. The van der Waals surface area contributed by atoms with E-state index in [-0.39, 0.29) is 0 Å². The lowest BCUT2D eigenvalue weighted by molar-refractivity contribution is 0.00468. The maximum absolute atomic E-state index is 10.3. The molecule has 0 amide bonds. The van der Waals surface area contributed by atoms with Gasteiger partial charge in [-0.2, -0.15) is 0 Å². The minimum atomic E-state index is -0.498. The van der Waals surface area contributed by atoms with E-state index in [1.165, 1.54) is 6.42 Å². The van der Waals surface area contributed by atoms with Crippen molar-refractivity contribution in [2.75, 3.05) is 12.3 Å². The summed E-state index contributed by atoms with van der Waals surface area (Å²) in [6, 6.07) is 7.86. The average molecular weight is 234 g/mol. The zero-order valence-corrected chi connectivity index (χ0v) is 10.3. The van der Waals surface area contributed by atoms with Crippen molar-refractivity contribution in [3.05, 3.63) is 29.8 Å². The number of rotatable bonds is 4. The highest BCUT2D eigenvalue weighted by Gasteiger charge is 2.28. The van der Waals surface area contributed by atoms with E-state index in [1.54, 1.807) is 0 Å². The molecule has 0 unspecified atom stereocenters. The molecule has 3 heteroatoms. The van der Waals surface area contributed by atoms with Crippen LogP contribution in [0.15, 0.2) is 24.3 Å². The minimum absolute atomic E-state index is 0.498. The molecule has 0 spiro atoms. The third-order valence-corrected chi connectivity index (χ3v) is 3.61. The molecule has 0 aliphatic heterocycles. The number of hydrogen-bond donors (Lipinski definition) is 3. The second kappa shape index (κ2) is 5.52. The van der Waals surface area contributed by atoms with Gasteiger partial charge in [-0.3, -0.25) is 0 Å². The van der Waals surface area contributed by atoms with Crippen LogP contribution in [0, 0.1) is 0 Å². The molecule has 1 aromatic rings. The van der Waals surface area contributed by atoms with Crippen LogP contribution in [-0.4, -0.2) is 17.3 Å². The summed E-state index contributed by atoms with van der Waals surface area (Å²) in [6.07, 6.45) is 5.39. The van der Waals surface area contributed by atoms with Gasteiger partial charge in [0.05, 0.1) is 5.60 Å². The number of nitrogens with one attached hydrogen (secondary N) is 1. The molecule has 94 valence electrons. The molecule has 0 heterocycles. The Bertz CT molecular complexity index is 359. The molecule has 0 aromatic heterocycles. The monoisotopic (exact) mass is 234 g/mol. The van der Waals surface area contributed by atoms with E-state index in [2.05, 4.69) is 5.32 Å². The summed E-state index contributed by atoms with van der Waals surface area (Å²) in [5, 5.41) is 13.6. The topological polar surface area (TPSA) is 58.3 Å². The zero-order chi connectivity index (χ0) is 12.1. The van der Waals surface area contributed by atoms with Crippen LogP contribution in [0.4, 0.5) is 5.69 Å². The van der Waals surface area contributed by atoms with Crippen molar-refractivity contribution in [2.24, 2.45) is 0 Å². The summed E-state index contributed by atoms with van der Waals surface area (Å²) >= 11 is 0. The van der Waals surface area contributed by atoms with Gasteiger partial charge in [-0.1, -0.05) is 37.5 Å². The number of nitrogen functional groups attached to an aromatic ring is 1. The fourth-order valence-corrected chi connectivity index (χ4v) is 2.51. The Balaban J connectivity index is 1.81. The quantitative estimate of drug-likeness (QED) is 0.699. The molecule has 0 radical (unpaired) electrons. The van der Waals surface area contributed by atoms with E-state index in [0.717, 1.165) is 43.5 Å². The van der Waals surface area contributed by atoms with E-state index in [0.29, 0.717) is 6.54 Å². The SMILES string of the molecule is Nc1ccccc1CNCC1(O)CCCCC1. The fourth-order valence-electron chi connectivity index (χ4n) is 2.51. The number of benzene rings is 1. The fraction of sp³-hybridized carbons (Fsp3) is 0.571. The second-order valence-electron chi connectivity index (χ2n) is 5.09. The molecule has 17 heavy (non-hydrogen) atoms. The molecule has 0 atom stereocenters. The third kappa shape index (κ3) is 3.45. The molecule has 1 aliphatic rings. The molecule has 0 saturated heterocycles. The van der Waals surface area contributed by atoms with Crippen molar-refractivity contribution in [1.82, 2.24) is 5.32 Å². The predicted molar refractivity (Wildman–Crippen MR) is 70.6 cm³/mol. The zero-order valence-electron chi connectivity index (χ0n) is 10.3. The summed E-state index contributed by atoms with van der Waals surface area (Å²) in [6.45, 7) is 1.40. The summed E-state index contributed by atoms with van der Waals surface area (Å²) < 4.78 is 0. The largest absolute Gasteiger partial charge is 0.398 e. The predicted octanol–water partition coefficient (Wildman–Crippen LogP) is 2.05. The first-order valence-electron chi connectivity index (χ1n) is 6.46. The molecular weight excluding hydrogens is 212 g/mol. The van der Waals surface area contributed by atoms with Crippen LogP contribution >= 0.6 is 0 Å². The Labute approximate surface area is 103 Å². The van der Waals surface area contributed by atoms with Gasteiger partial charge in [-0.05, 0) is 24.5 Å². The van der Waals surface area contributed by atoms with Crippen molar-refractivity contribution in [1.29, 1.82) is 0 Å². The van der Waals surface area contributed by atoms with Crippen LogP contribution in [-0.2, 0) is 6.54 Å². The van der Waals surface area contributed by atoms with Crippen molar-refractivity contribution in [3.8, 4) is 0 Å². The Hall–Kier alpha value is -1.06. The van der Waals surface area contributed by atoms with Crippen molar-refractivity contribution in [2.45, 2.75) is 44.2 Å². The number of hydrogen-bond acceptors (Lipinski definition) is 3. The molecule has 1 saturated carbocycles. The minimum Gasteiger partial charge on any atom is -0.398 e. The van der Waals surface area contributed by atoms with Gasteiger partial charge in [0.25, 0.3) is 0 Å². The third-order valence-electron chi connectivity index (χ3n) is 3.61. The number of para-hydroxylation sites is 1. The van der Waals surface area contributed by atoms with Crippen LogP contribution in [0.3, 0.4) is 0 Å². The van der Waals surface area contributed by atoms with Gasteiger partial charge in [0.2, 0.25) is 0 Å². The summed E-state index contributed by atoms with van der Waals surface area (Å²) in [5.74, 6) is 0. The Morgan fingerprint density at radius 2 is 1.88 bits per heavy atom. The van der Waals surface area contributed by atoms with Crippen LogP contribution in [0.5, 0.6) is 0 Å². The smallest absolute Gasteiger partial charge is 0.0771 e. The van der Waals surface area contributed by atoms with Gasteiger partial charge >= 0.3 is 0 Å². The number of nitrogens with two attached hydrogens (primary N) is 1. The van der Waals surface area contributed by atoms with Crippen LogP contribution in [0.1, 0.15) is 37.7 Å². The number of anilines is 1. The lowest BCUT2D eigenvalue weighted by Gasteiger charge is -2.32. The van der Waals surface area contributed by atoms with Crippen LogP contribution < -0.4 is 11.1 Å². The van der Waals surface area contributed by atoms with Crippen LogP contribution in [0.2, 0.25) is 0 Å². The normalized spacial score (nSPS) is 19.1. The molecule has 1 aromatic carbocycles. The van der Waals surface area contributed by atoms with E-state index in [1.807, 2.05) is 24.3 Å². The first-order chi connectivity index (χ1) is 8.20. The lowest BCUT2D eigenvalue weighted by atomic mass is 9.85. The molecule has 2 rings (SSSR count). The van der Waals surface area contributed by atoms with E-state index < -0.39 is 5.60 Å². The molecule has 1 fully saturated rings. The Morgan fingerprint density at radius 1 is 1.18 bits per heavy atom. The summed E-state index contributed by atoms with van der Waals surface area (Å²) in [4.78, 5) is 0. The van der Waals surface area contributed by atoms with Gasteiger partial charge in [0.1, 0.15) is 0 Å². The van der Waals surface area contributed by atoms with Gasteiger partial charge in [-0.15, -0.1) is 0 Å². The van der Waals surface area contributed by atoms with Crippen molar-refractivity contribution >= 4 is 5.69 Å². The maximum atomic E-state index is 10.3. The number of aliphatic hydroxyl groups is 1. The standard InChI is InChI=1S/C14H22N2O/c15-13-7-3-2-6-12(13)10-16-11-14(17)8-4-1-5-9-14/h2-3,6-7,16-17H,1,4-5,8-11,15H2. The van der Waals surface area contributed by atoms with Gasteiger partial charge < -0.3 is 16.2 Å². The average Bonchev–Trinajstić information content (AvgIpc) is 2.32. The summed E-state index contributed by atoms with van der Waals surface area (Å²) in [7, 11) is 0. The first kappa shape index (κ1) is 12.4. The maximum Gasteiger partial charge on any atom is 0.0771 e. The van der Waals surface area contributed by atoms with Gasteiger partial charge in [-0.25, -0.2) is 0 Å². The second-order valence-corrected chi connectivity index (χ2v) is 5.09. The lowest BCUT2D eigenvalue weighted by Crippen LogP contribution is -2.41. The van der Waals surface area contributed by atoms with Crippen molar-refractivity contribution < 1.29 is 5.11 Å². The molecule has 3 nitrogen and oxygen atoms in total. The van der Waals surface area contributed by atoms with Crippen molar-refractivity contribution in [3.63, 3.8) is 0 Å². The van der Waals surface area contributed by atoms with E-state index >= 15 is 0 Å². The highest BCUT2D eigenvalue weighted by Crippen LogP contribution is 2.27. The Kier molecular flexibility index (Phi) is 4.02. The highest BCUT2D eigenvalue weighted by molar-refractivity contribution is 5.46. The van der Waals surface area contributed by atoms with Crippen LogP contribution in [0.25, 0.3) is 0 Å². The molecule has 1 aliphatic carbocycles. The molecule has 4 N–H and O–H groups in total. The molecule has 0 bridgehead atoms. The molecular formula is C14H22N2O. The summed E-state index contributed by atoms with van der Waals surface area (Å²) in [5.41, 5.74) is 7.29. The van der Waals surface area contributed by atoms with Gasteiger partial charge in [0, 0.05) is 18.8 Å².